The van der Waals surface area contributed by atoms with Crippen molar-refractivity contribution in [3.05, 3.63) is 18.1 Å². The number of fused-ring (bicyclic) bond motifs is 1. The summed E-state index contributed by atoms with van der Waals surface area (Å²) in [6.07, 6.45) is 0.359. The van der Waals surface area contributed by atoms with Gasteiger partial charge in [-0.15, -0.1) is 0 Å². The molecular formula is C21H34N5O14P3S2. The summed E-state index contributed by atoms with van der Waals surface area (Å²) in [6.45, 7) is 3.80. The molecule has 1 aliphatic rings. The number of nitrogens with two attached hydrogens (primary N) is 2. The Hall–Kier alpha value is -1.11. The molecule has 0 aromatic carbocycles. The maximum Gasteiger partial charge on any atom is 0.490 e. The van der Waals surface area contributed by atoms with Gasteiger partial charge in [0, 0.05) is 31.0 Å². The first kappa shape index (κ1) is 38.3. The van der Waals surface area contributed by atoms with Gasteiger partial charge in [-0.1, -0.05) is 33.4 Å². The molecule has 1 saturated heterocycles. The molecule has 0 saturated carbocycles. The maximum absolute atomic E-state index is 12.3. The summed E-state index contributed by atoms with van der Waals surface area (Å²) in [6, 6.07) is 0. The second-order valence-corrected chi connectivity index (χ2v) is 17.1. The molecule has 0 bridgehead atoms. The molecule has 0 aliphatic carbocycles. The molecule has 2 unspecified atom stereocenters. The largest absolute Gasteiger partial charge is 0.490 e. The average Bonchev–Trinajstić information content (AvgIpc) is 3.50. The minimum absolute atomic E-state index is 0.0852. The van der Waals surface area contributed by atoms with Gasteiger partial charge in [-0.2, -0.15) is 8.62 Å². The number of methoxy groups -OCH3 is 1. The lowest BCUT2D eigenvalue weighted by molar-refractivity contribution is -0.106. The Bertz CT molecular complexity index is 1520. The van der Waals surface area contributed by atoms with Crippen LogP contribution in [0.15, 0.2) is 12.5 Å². The number of aromatic nitrogens is 3. The lowest BCUT2D eigenvalue weighted by Crippen LogP contribution is -2.29. The van der Waals surface area contributed by atoms with E-state index in [-0.39, 0.29) is 30.4 Å². The molecule has 1 fully saturated rings. The zero-order valence-electron chi connectivity index (χ0n) is 24.2. The van der Waals surface area contributed by atoms with Crippen LogP contribution in [-0.2, 0) is 45.8 Å². The minimum Gasteiger partial charge on any atom is -0.383 e. The SMILES string of the molecule is COCO[C@@H]1C[C@H](n2cc(C#CCOCSSC(C)(C)CN)c3c(N)ncnc32)O[C@@H]1COP(=O)(O)OP(=O)(O)OP(=O)(O)O. The Kier molecular flexibility index (Phi) is 13.9. The van der Waals surface area contributed by atoms with Gasteiger partial charge in [-0.25, -0.2) is 23.7 Å². The number of phosphoric ester groups is 1. The van der Waals surface area contributed by atoms with Crippen LogP contribution in [0.3, 0.4) is 0 Å². The van der Waals surface area contributed by atoms with E-state index in [1.54, 1.807) is 21.6 Å². The van der Waals surface area contributed by atoms with E-state index >= 15 is 0 Å². The lowest BCUT2D eigenvalue weighted by Gasteiger charge is -2.21. The summed E-state index contributed by atoms with van der Waals surface area (Å²) in [5.41, 5.74) is 12.7. The predicted octanol–water partition coefficient (Wildman–Crippen LogP) is 2.08. The van der Waals surface area contributed by atoms with E-state index in [4.69, 9.17) is 44.7 Å². The topological polar surface area (TPSA) is 279 Å². The fourth-order valence-electron chi connectivity index (χ4n) is 3.72. The van der Waals surface area contributed by atoms with Crippen molar-refractivity contribution in [2.24, 2.45) is 5.73 Å². The van der Waals surface area contributed by atoms with Gasteiger partial charge < -0.3 is 54.6 Å². The van der Waals surface area contributed by atoms with E-state index in [1.165, 1.54) is 24.2 Å². The van der Waals surface area contributed by atoms with Crippen LogP contribution in [0.4, 0.5) is 5.82 Å². The molecule has 5 atom stereocenters. The Morgan fingerprint density at radius 3 is 2.58 bits per heavy atom. The van der Waals surface area contributed by atoms with Crippen LogP contribution in [0.25, 0.3) is 11.0 Å². The van der Waals surface area contributed by atoms with Crippen LogP contribution >= 0.6 is 45.1 Å². The number of anilines is 1. The number of rotatable bonds is 17. The molecule has 2 aromatic heterocycles. The third-order valence-electron chi connectivity index (χ3n) is 5.65. The molecule has 24 heteroatoms. The van der Waals surface area contributed by atoms with Gasteiger partial charge in [0.1, 0.15) is 49.5 Å². The number of ether oxygens (including phenoxy) is 4. The van der Waals surface area contributed by atoms with Crippen molar-refractivity contribution in [2.45, 2.75) is 43.5 Å². The quantitative estimate of drug-likeness (QED) is 0.0445. The van der Waals surface area contributed by atoms with Crippen molar-refractivity contribution in [1.82, 2.24) is 14.5 Å². The highest BCUT2D eigenvalue weighted by Gasteiger charge is 2.43. The first-order chi connectivity index (χ1) is 21.0. The van der Waals surface area contributed by atoms with Crippen LogP contribution < -0.4 is 11.5 Å². The molecule has 45 heavy (non-hydrogen) atoms. The number of hydrogen-bond acceptors (Lipinski definition) is 16. The third kappa shape index (κ3) is 12.1. The highest BCUT2D eigenvalue weighted by molar-refractivity contribution is 8.77. The van der Waals surface area contributed by atoms with Gasteiger partial charge in [0.25, 0.3) is 0 Å². The monoisotopic (exact) mass is 737 g/mol. The van der Waals surface area contributed by atoms with Crippen molar-refractivity contribution in [1.29, 1.82) is 0 Å². The summed E-state index contributed by atoms with van der Waals surface area (Å²) in [4.78, 5) is 45.0. The zero-order valence-corrected chi connectivity index (χ0v) is 28.5. The molecule has 0 amide bonds. The molecule has 8 N–H and O–H groups in total. The summed E-state index contributed by atoms with van der Waals surface area (Å²) in [7, 11) is -12.1. The molecule has 19 nitrogen and oxygen atoms in total. The smallest absolute Gasteiger partial charge is 0.383 e. The van der Waals surface area contributed by atoms with Gasteiger partial charge >= 0.3 is 23.5 Å². The molecule has 3 heterocycles. The lowest BCUT2D eigenvalue weighted by atomic mass is 10.2. The van der Waals surface area contributed by atoms with Gasteiger partial charge in [0.05, 0.1) is 23.7 Å². The van der Waals surface area contributed by atoms with E-state index in [1.807, 2.05) is 13.8 Å². The van der Waals surface area contributed by atoms with Gasteiger partial charge in [0.2, 0.25) is 0 Å². The predicted molar refractivity (Wildman–Crippen MR) is 163 cm³/mol. The molecular weight excluding hydrogens is 703 g/mol. The number of hydrogen-bond donors (Lipinski definition) is 6. The fraction of sp³-hybridized carbons (Fsp3) is 0.619. The Balaban J connectivity index is 1.74. The molecule has 3 rings (SSSR count). The fourth-order valence-corrected chi connectivity index (χ4v) is 8.85. The van der Waals surface area contributed by atoms with Crippen LogP contribution in [0.2, 0.25) is 0 Å². The molecule has 0 radical (unpaired) electrons. The first-order valence-electron chi connectivity index (χ1n) is 12.7. The van der Waals surface area contributed by atoms with Crippen LogP contribution in [-0.4, -0.2) is 90.7 Å². The van der Waals surface area contributed by atoms with E-state index < -0.39 is 48.5 Å². The second-order valence-electron chi connectivity index (χ2n) is 9.70. The molecule has 0 spiro atoms. The number of nitrogen functional groups attached to an aromatic ring is 1. The van der Waals surface area contributed by atoms with Crippen molar-refractivity contribution >= 4 is 61.9 Å². The summed E-state index contributed by atoms with van der Waals surface area (Å²) in [5.74, 6) is 6.49. The van der Waals surface area contributed by atoms with Crippen molar-refractivity contribution in [3.63, 3.8) is 0 Å². The molecule has 254 valence electrons. The normalized spacial score (nSPS) is 21.7. The summed E-state index contributed by atoms with van der Waals surface area (Å²) in [5, 5.41) is 0.453. The zero-order chi connectivity index (χ0) is 33.5. The van der Waals surface area contributed by atoms with E-state index in [2.05, 4.69) is 30.4 Å². The van der Waals surface area contributed by atoms with E-state index in [0.29, 0.717) is 29.1 Å². The maximum atomic E-state index is 12.3. The van der Waals surface area contributed by atoms with Gasteiger partial charge in [0.15, 0.2) is 0 Å². The number of nitrogens with zero attached hydrogens (tertiary/aromatic N) is 3. The summed E-state index contributed by atoms with van der Waals surface area (Å²) < 4.78 is 70.8. The Labute approximate surface area is 265 Å². The minimum atomic E-state index is -5.70. The standard InChI is InChI=1S/C21H34N5O14P3S2/c1-21(2,10-22)45-44-13-35-6-4-5-14-8-26(20-18(14)19(23)24-11-25-20)17-7-15(36-12-34-3)16(38-17)9-37-42(30,31)40-43(32,33)39-41(27,28)29/h8,11,15-17H,6-7,9-10,12-13,22H2,1-3H3,(H,30,31)(H,32,33)(H2,23,24,25)(H2,27,28,29)/t15-,16-,17-/m1/s1. The molecule has 2 aromatic rings. The van der Waals surface area contributed by atoms with Gasteiger partial charge in [-0.05, 0) is 13.8 Å². The van der Waals surface area contributed by atoms with Crippen molar-refractivity contribution in [3.8, 4) is 11.8 Å². The Morgan fingerprint density at radius 1 is 1.18 bits per heavy atom. The Morgan fingerprint density at radius 2 is 1.91 bits per heavy atom. The first-order valence-corrected chi connectivity index (χ1v) is 19.5. The number of phosphoric acid groups is 3. The second kappa shape index (κ2) is 16.3. The van der Waals surface area contributed by atoms with E-state index in [9.17, 15) is 23.5 Å². The van der Waals surface area contributed by atoms with Gasteiger partial charge in [-0.3, -0.25) is 4.52 Å². The van der Waals surface area contributed by atoms with Crippen molar-refractivity contribution in [2.75, 3.05) is 45.3 Å². The highest BCUT2D eigenvalue weighted by atomic mass is 33.1. The van der Waals surface area contributed by atoms with E-state index in [0.717, 1.165) is 0 Å². The van der Waals surface area contributed by atoms with Crippen LogP contribution in [0.1, 0.15) is 32.1 Å². The average molecular weight is 738 g/mol. The van der Waals surface area contributed by atoms with Crippen LogP contribution in [0, 0.1) is 11.8 Å². The highest BCUT2D eigenvalue weighted by Crippen LogP contribution is 2.66. The summed E-state index contributed by atoms with van der Waals surface area (Å²) >= 11 is 0. The third-order valence-corrected chi connectivity index (χ3v) is 12.4. The molecule has 1 aliphatic heterocycles. The van der Waals surface area contributed by atoms with Crippen LogP contribution in [0.5, 0.6) is 0 Å². The van der Waals surface area contributed by atoms with Crippen molar-refractivity contribution < 1.29 is 65.4 Å².